The zero-order chi connectivity index (χ0) is 27.4. The van der Waals surface area contributed by atoms with Crippen LogP contribution in [0.2, 0.25) is 0 Å². The van der Waals surface area contributed by atoms with E-state index in [2.05, 4.69) is 4.98 Å². The maximum atomic E-state index is 13.9. The van der Waals surface area contributed by atoms with E-state index in [1.165, 1.54) is 12.1 Å². The quantitative estimate of drug-likeness (QED) is 0.454. The number of benzene rings is 2. The Morgan fingerprint density at radius 2 is 1.90 bits per heavy atom. The van der Waals surface area contributed by atoms with E-state index in [1.54, 1.807) is 13.2 Å². The summed E-state index contributed by atoms with van der Waals surface area (Å²) in [6.45, 7) is 1.57. The summed E-state index contributed by atoms with van der Waals surface area (Å²) in [5.41, 5.74) is 2.02. The van der Waals surface area contributed by atoms with E-state index in [1.807, 2.05) is 28.0 Å². The number of H-pyrrole nitrogens is 1. The van der Waals surface area contributed by atoms with Gasteiger partial charge in [0.15, 0.2) is 0 Å². The zero-order valence-corrected chi connectivity index (χ0v) is 22.1. The molecule has 1 atom stereocenters. The van der Waals surface area contributed by atoms with Crippen LogP contribution in [0.4, 0.5) is 13.2 Å². The van der Waals surface area contributed by atoms with Crippen molar-refractivity contribution in [2.24, 2.45) is 5.92 Å². The second-order valence-corrected chi connectivity index (χ2v) is 11.3. The van der Waals surface area contributed by atoms with Crippen LogP contribution in [0.15, 0.2) is 42.5 Å². The highest BCUT2D eigenvalue weighted by Gasteiger charge is 2.48. The number of hydrogen-bond acceptors (Lipinski definition) is 4. The number of likely N-dealkylation sites (tertiary alicyclic amines) is 1. The monoisotopic (exact) mass is 541 g/mol. The number of aromatic amines is 1. The Morgan fingerprint density at radius 1 is 1.15 bits per heavy atom. The molecule has 1 aliphatic carbocycles. The molecule has 2 N–H and O–H groups in total. The molecule has 6 nitrogen and oxygen atoms in total. The van der Waals surface area contributed by atoms with Gasteiger partial charge < -0.3 is 19.7 Å². The highest BCUT2D eigenvalue weighted by Crippen LogP contribution is 2.50. The predicted molar refractivity (Wildman–Crippen MR) is 141 cm³/mol. The Hall–Kier alpha value is -3.04. The summed E-state index contributed by atoms with van der Waals surface area (Å²) in [5.74, 6) is 1.07. The van der Waals surface area contributed by atoms with Crippen LogP contribution in [0, 0.1) is 5.92 Å². The van der Waals surface area contributed by atoms with Gasteiger partial charge in [0.2, 0.25) is 5.91 Å². The Labute approximate surface area is 225 Å². The molecule has 1 saturated carbocycles. The van der Waals surface area contributed by atoms with Crippen LogP contribution in [-0.2, 0) is 22.9 Å². The van der Waals surface area contributed by atoms with Gasteiger partial charge in [-0.25, -0.2) is 0 Å². The average Bonchev–Trinajstić information content (AvgIpc) is 3.27. The Kier molecular flexibility index (Phi) is 6.62. The number of hydrogen-bond donors (Lipinski definition) is 2. The van der Waals surface area contributed by atoms with Crippen LogP contribution in [0.5, 0.6) is 5.75 Å². The van der Waals surface area contributed by atoms with E-state index in [9.17, 15) is 23.1 Å². The number of aliphatic hydroxyl groups excluding tert-OH is 1. The lowest BCUT2D eigenvalue weighted by Gasteiger charge is -2.51. The van der Waals surface area contributed by atoms with Gasteiger partial charge in [-0.1, -0.05) is 24.6 Å². The fourth-order valence-corrected chi connectivity index (χ4v) is 6.91. The number of nitrogens with one attached hydrogen (secondary N) is 1. The van der Waals surface area contributed by atoms with Crippen LogP contribution >= 0.6 is 0 Å². The van der Waals surface area contributed by atoms with Gasteiger partial charge in [-0.3, -0.25) is 9.69 Å². The molecule has 6 rings (SSSR count). The molecule has 9 heteroatoms. The first kappa shape index (κ1) is 26.2. The third-order valence-electron chi connectivity index (χ3n) is 9.20. The Balaban J connectivity index is 1.41. The molecule has 1 unspecified atom stereocenters. The number of ether oxygens (including phenoxy) is 1. The number of fused-ring (bicyclic) bond motifs is 4. The fourth-order valence-electron chi connectivity index (χ4n) is 6.91. The largest absolute Gasteiger partial charge is 0.497 e. The van der Waals surface area contributed by atoms with E-state index in [-0.39, 0.29) is 36.0 Å². The summed E-state index contributed by atoms with van der Waals surface area (Å²) in [7, 11) is 1.61. The standard InChI is InChI=1S/C30H34F3N3O3/c1-39-21-9-10-22-24(15-21)34-27-25(17-37)36(16-20-5-2-3-8-23(20)30(31,32)33)18-29(26(22)27)11-13-35(14-12-29)28(38)19-6-4-7-19/h2-3,5,8-10,15,19,25,34,37H,4,6-7,11-14,16-18H2,1H3. The summed E-state index contributed by atoms with van der Waals surface area (Å²) >= 11 is 0. The van der Waals surface area contributed by atoms with Crippen molar-refractivity contribution in [3.8, 4) is 5.75 Å². The van der Waals surface area contributed by atoms with Gasteiger partial charge in [0, 0.05) is 60.2 Å². The molecule has 39 heavy (non-hydrogen) atoms. The summed E-state index contributed by atoms with van der Waals surface area (Å²) in [4.78, 5) is 20.5. The minimum absolute atomic E-state index is 0.0610. The fraction of sp³-hybridized carbons (Fsp3) is 0.500. The minimum atomic E-state index is -4.46. The number of aromatic nitrogens is 1. The third kappa shape index (κ3) is 4.49. The SMILES string of the molecule is COc1ccc2c3c([nH]c2c1)C(CO)N(Cc1ccccc1C(F)(F)F)CC31CCN(C(=O)C2CCC2)CC1. The van der Waals surface area contributed by atoms with Gasteiger partial charge >= 0.3 is 6.18 Å². The lowest BCUT2D eigenvalue weighted by molar-refractivity contribution is -0.140. The first-order valence-electron chi connectivity index (χ1n) is 13.7. The lowest BCUT2D eigenvalue weighted by atomic mass is 9.68. The van der Waals surface area contributed by atoms with Gasteiger partial charge in [-0.05, 0) is 55.0 Å². The molecule has 1 amide bonds. The van der Waals surface area contributed by atoms with E-state index in [0.29, 0.717) is 38.2 Å². The van der Waals surface area contributed by atoms with Crippen molar-refractivity contribution >= 4 is 16.8 Å². The molecule has 208 valence electrons. The average molecular weight is 542 g/mol. The molecule has 1 spiro atoms. The molecule has 3 aromatic rings. The van der Waals surface area contributed by atoms with Crippen LogP contribution in [0.1, 0.15) is 60.5 Å². The number of piperidine rings is 1. The van der Waals surface area contributed by atoms with Crippen LogP contribution in [-0.4, -0.2) is 59.1 Å². The molecule has 3 aliphatic rings. The van der Waals surface area contributed by atoms with Crippen LogP contribution in [0.25, 0.3) is 10.9 Å². The van der Waals surface area contributed by atoms with E-state index in [4.69, 9.17) is 4.74 Å². The smallest absolute Gasteiger partial charge is 0.416 e. The number of halogens is 3. The van der Waals surface area contributed by atoms with E-state index in [0.717, 1.165) is 47.5 Å². The number of alkyl halides is 3. The maximum absolute atomic E-state index is 13.9. The van der Waals surface area contributed by atoms with Crippen LogP contribution < -0.4 is 4.74 Å². The van der Waals surface area contributed by atoms with Crippen molar-refractivity contribution in [2.45, 2.75) is 56.3 Å². The van der Waals surface area contributed by atoms with Gasteiger partial charge in [0.1, 0.15) is 5.75 Å². The highest BCUT2D eigenvalue weighted by atomic mass is 19.4. The molecule has 2 fully saturated rings. The first-order chi connectivity index (χ1) is 18.7. The first-order valence-corrected chi connectivity index (χ1v) is 13.7. The molecule has 3 heterocycles. The molecule has 2 aromatic carbocycles. The summed E-state index contributed by atoms with van der Waals surface area (Å²) < 4.78 is 47.1. The van der Waals surface area contributed by atoms with Crippen molar-refractivity contribution in [1.29, 1.82) is 0 Å². The number of nitrogens with zero attached hydrogens (tertiary/aromatic N) is 2. The number of aliphatic hydroxyl groups is 1. The molecule has 1 aromatic heterocycles. The molecule has 2 aliphatic heterocycles. The summed E-state index contributed by atoms with van der Waals surface area (Å²) in [6, 6.07) is 11.1. The van der Waals surface area contributed by atoms with Gasteiger partial charge in [0.25, 0.3) is 0 Å². The third-order valence-corrected chi connectivity index (χ3v) is 9.20. The van der Waals surface area contributed by atoms with Crippen LogP contribution in [0.3, 0.4) is 0 Å². The number of rotatable bonds is 5. The summed E-state index contributed by atoms with van der Waals surface area (Å²) in [5, 5.41) is 11.6. The second-order valence-electron chi connectivity index (χ2n) is 11.3. The lowest BCUT2D eigenvalue weighted by Crippen LogP contribution is -2.55. The van der Waals surface area contributed by atoms with Crippen molar-refractivity contribution in [1.82, 2.24) is 14.8 Å². The number of methoxy groups -OCH3 is 1. The van der Waals surface area contributed by atoms with Crippen molar-refractivity contribution in [3.63, 3.8) is 0 Å². The second kappa shape index (κ2) is 9.86. The number of amides is 1. The Morgan fingerprint density at radius 3 is 2.54 bits per heavy atom. The summed E-state index contributed by atoms with van der Waals surface area (Å²) in [6.07, 6.45) is -0.0128. The van der Waals surface area contributed by atoms with Crippen molar-refractivity contribution < 1.29 is 27.8 Å². The molecular formula is C30H34F3N3O3. The molecule has 1 saturated heterocycles. The van der Waals surface area contributed by atoms with Crippen molar-refractivity contribution in [2.75, 3.05) is 33.4 Å². The molecule has 0 radical (unpaired) electrons. The Bertz CT molecular complexity index is 1370. The number of carbonyl (C=O) groups is 1. The normalized spacial score (nSPS) is 21.7. The highest BCUT2D eigenvalue weighted by molar-refractivity contribution is 5.88. The predicted octanol–water partition coefficient (Wildman–Crippen LogP) is 5.40. The van der Waals surface area contributed by atoms with Gasteiger partial charge in [-0.2, -0.15) is 13.2 Å². The van der Waals surface area contributed by atoms with Gasteiger partial charge in [0.05, 0.1) is 25.3 Å². The van der Waals surface area contributed by atoms with Crippen molar-refractivity contribution in [3.05, 3.63) is 64.8 Å². The minimum Gasteiger partial charge on any atom is -0.497 e. The zero-order valence-electron chi connectivity index (χ0n) is 22.1. The van der Waals surface area contributed by atoms with Gasteiger partial charge in [-0.15, -0.1) is 0 Å². The number of carbonyl (C=O) groups excluding carboxylic acids is 1. The van der Waals surface area contributed by atoms with E-state index < -0.39 is 17.8 Å². The van der Waals surface area contributed by atoms with E-state index >= 15 is 0 Å². The topological polar surface area (TPSA) is 68.8 Å². The maximum Gasteiger partial charge on any atom is 0.416 e. The molecular weight excluding hydrogens is 507 g/mol. The molecule has 0 bridgehead atoms.